The van der Waals surface area contributed by atoms with Gasteiger partial charge in [0.15, 0.2) is 5.01 Å². The number of nitrogens with one attached hydrogen (secondary N) is 1. The molecule has 3 rings (SSSR count). The molecule has 0 saturated carbocycles. The first kappa shape index (κ1) is 17.3. The highest BCUT2D eigenvalue weighted by Crippen LogP contribution is 2.37. The fraction of sp³-hybridized carbons (Fsp3) is 0.176. The Labute approximate surface area is 145 Å². The monoisotopic (exact) mass is 367 g/mol. The molecule has 3 nitrogen and oxygen atoms in total. The lowest BCUT2D eigenvalue weighted by molar-refractivity contribution is -0.137. The second-order valence-electron chi connectivity index (χ2n) is 5.30. The van der Waals surface area contributed by atoms with Gasteiger partial charge in [0.2, 0.25) is 0 Å². The second kappa shape index (κ2) is 6.79. The van der Waals surface area contributed by atoms with Gasteiger partial charge in [-0.1, -0.05) is 18.2 Å². The summed E-state index contributed by atoms with van der Waals surface area (Å²) in [6.45, 7) is 1.85. The molecular weight excluding hydrogens is 354 g/mol. The molecular formula is C17H13F4N3S. The molecule has 8 heteroatoms. The largest absolute Gasteiger partial charge is 0.443 e. The van der Waals surface area contributed by atoms with E-state index in [1.165, 1.54) is 12.3 Å². The molecule has 25 heavy (non-hydrogen) atoms. The van der Waals surface area contributed by atoms with Crippen LogP contribution < -0.4 is 5.32 Å². The molecule has 0 atom stereocenters. The summed E-state index contributed by atoms with van der Waals surface area (Å²) >= 11 is 0.608. The number of nitrogens with zero attached hydrogens (tertiary/aromatic N) is 2. The van der Waals surface area contributed by atoms with E-state index in [2.05, 4.69) is 15.3 Å². The van der Waals surface area contributed by atoms with E-state index in [0.717, 1.165) is 0 Å². The van der Waals surface area contributed by atoms with Gasteiger partial charge in [-0.2, -0.15) is 13.2 Å². The van der Waals surface area contributed by atoms with Crippen LogP contribution in [-0.2, 0) is 12.7 Å². The number of hydrogen-bond acceptors (Lipinski definition) is 4. The standard InChI is InChI=1S/C17H13F4N3S/c1-10-15(24-16(25-10)17(19,20)21)12-6-7-14(23-9-12)22-8-11-4-2-3-5-13(11)18/h2-7,9H,8H2,1H3,(H,22,23). The van der Waals surface area contributed by atoms with E-state index in [1.807, 2.05) is 0 Å². The number of rotatable bonds is 4. The lowest BCUT2D eigenvalue weighted by Crippen LogP contribution is -2.04. The number of benzene rings is 1. The van der Waals surface area contributed by atoms with E-state index in [9.17, 15) is 17.6 Å². The van der Waals surface area contributed by atoms with Gasteiger partial charge < -0.3 is 5.32 Å². The van der Waals surface area contributed by atoms with Gasteiger partial charge in [0, 0.05) is 28.7 Å². The molecule has 0 spiro atoms. The lowest BCUT2D eigenvalue weighted by atomic mass is 10.2. The third kappa shape index (κ3) is 3.96. The van der Waals surface area contributed by atoms with Crippen molar-refractivity contribution in [1.29, 1.82) is 0 Å². The average molecular weight is 367 g/mol. The molecule has 1 N–H and O–H groups in total. The van der Waals surface area contributed by atoms with E-state index >= 15 is 0 Å². The molecule has 0 unspecified atom stereocenters. The predicted molar refractivity (Wildman–Crippen MR) is 88.8 cm³/mol. The van der Waals surface area contributed by atoms with Crippen LogP contribution in [0.4, 0.5) is 23.4 Å². The Hall–Kier alpha value is -2.48. The first-order valence-electron chi connectivity index (χ1n) is 7.33. The van der Waals surface area contributed by atoms with Crippen molar-refractivity contribution in [2.75, 3.05) is 5.32 Å². The van der Waals surface area contributed by atoms with Gasteiger partial charge in [0.25, 0.3) is 0 Å². The Balaban J connectivity index is 1.75. The van der Waals surface area contributed by atoms with Crippen LogP contribution in [-0.4, -0.2) is 9.97 Å². The SMILES string of the molecule is Cc1sc(C(F)(F)F)nc1-c1ccc(NCc2ccccc2F)nc1. The number of thiazole rings is 1. The topological polar surface area (TPSA) is 37.8 Å². The molecule has 0 bridgehead atoms. The minimum atomic E-state index is -4.46. The fourth-order valence-corrected chi connectivity index (χ4v) is 3.05. The maximum Gasteiger partial charge on any atom is 0.443 e. The van der Waals surface area contributed by atoms with Crippen LogP contribution in [0.5, 0.6) is 0 Å². The average Bonchev–Trinajstić information content (AvgIpc) is 2.97. The number of aromatic nitrogens is 2. The third-order valence-corrected chi connectivity index (χ3v) is 4.51. The van der Waals surface area contributed by atoms with Crippen LogP contribution in [0.1, 0.15) is 15.4 Å². The number of aryl methyl sites for hydroxylation is 1. The second-order valence-corrected chi connectivity index (χ2v) is 6.50. The number of hydrogen-bond donors (Lipinski definition) is 1. The van der Waals surface area contributed by atoms with E-state index in [4.69, 9.17) is 0 Å². The third-order valence-electron chi connectivity index (χ3n) is 3.49. The van der Waals surface area contributed by atoms with E-state index in [-0.39, 0.29) is 18.1 Å². The van der Waals surface area contributed by atoms with E-state index in [1.54, 1.807) is 37.3 Å². The van der Waals surface area contributed by atoms with Crippen LogP contribution in [0.25, 0.3) is 11.3 Å². The molecule has 0 saturated heterocycles. The van der Waals surface area contributed by atoms with Crippen molar-refractivity contribution >= 4 is 17.2 Å². The van der Waals surface area contributed by atoms with Crippen LogP contribution in [0.3, 0.4) is 0 Å². The molecule has 2 aromatic heterocycles. The van der Waals surface area contributed by atoms with Crippen molar-refractivity contribution < 1.29 is 17.6 Å². The summed E-state index contributed by atoms with van der Waals surface area (Å²) in [4.78, 5) is 8.31. The molecule has 130 valence electrons. The van der Waals surface area contributed by atoms with Gasteiger partial charge in [0.05, 0.1) is 5.69 Å². The number of halogens is 4. The van der Waals surface area contributed by atoms with Crippen LogP contribution in [0.15, 0.2) is 42.6 Å². The molecule has 3 aromatic rings. The molecule has 2 heterocycles. The Morgan fingerprint density at radius 3 is 2.48 bits per heavy atom. The molecule has 1 aromatic carbocycles. The minimum Gasteiger partial charge on any atom is -0.366 e. The Kier molecular flexibility index (Phi) is 4.71. The van der Waals surface area contributed by atoms with Crippen molar-refractivity contribution in [3.8, 4) is 11.3 Å². The maximum atomic E-state index is 13.6. The van der Waals surface area contributed by atoms with Gasteiger partial charge in [-0.25, -0.2) is 14.4 Å². The Morgan fingerprint density at radius 1 is 1.12 bits per heavy atom. The summed E-state index contributed by atoms with van der Waals surface area (Å²) in [5.74, 6) is 0.181. The number of alkyl halides is 3. The molecule has 0 aliphatic rings. The molecule has 0 amide bonds. The predicted octanol–water partition coefficient (Wildman–Crippen LogP) is 5.28. The zero-order valence-electron chi connectivity index (χ0n) is 13.1. The number of anilines is 1. The van der Waals surface area contributed by atoms with Crippen molar-refractivity contribution in [3.05, 3.63) is 63.9 Å². The van der Waals surface area contributed by atoms with Crippen molar-refractivity contribution in [3.63, 3.8) is 0 Å². The summed E-state index contributed by atoms with van der Waals surface area (Å²) < 4.78 is 51.8. The summed E-state index contributed by atoms with van der Waals surface area (Å²) in [7, 11) is 0. The normalized spacial score (nSPS) is 11.6. The van der Waals surface area contributed by atoms with E-state index in [0.29, 0.717) is 33.2 Å². The molecule has 0 radical (unpaired) electrons. The Morgan fingerprint density at radius 2 is 1.88 bits per heavy atom. The number of pyridine rings is 1. The highest BCUT2D eigenvalue weighted by Gasteiger charge is 2.35. The zero-order valence-corrected chi connectivity index (χ0v) is 13.9. The fourth-order valence-electron chi connectivity index (χ4n) is 2.25. The summed E-state index contributed by atoms with van der Waals surface area (Å²) in [6, 6.07) is 9.64. The van der Waals surface area contributed by atoms with Gasteiger partial charge >= 0.3 is 6.18 Å². The summed E-state index contributed by atoms with van der Waals surface area (Å²) in [6.07, 6.45) is -3.01. The zero-order chi connectivity index (χ0) is 18.0. The van der Waals surface area contributed by atoms with Crippen molar-refractivity contribution in [1.82, 2.24) is 9.97 Å². The van der Waals surface area contributed by atoms with Gasteiger partial charge in [-0.3, -0.25) is 0 Å². The van der Waals surface area contributed by atoms with Crippen LogP contribution in [0, 0.1) is 12.7 Å². The van der Waals surface area contributed by atoms with Gasteiger partial charge in [-0.15, -0.1) is 11.3 Å². The van der Waals surface area contributed by atoms with Crippen LogP contribution in [0.2, 0.25) is 0 Å². The van der Waals surface area contributed by atoms with Gasteiger partial charge in [-0.05, 0) is 25.1 Å². The minimum absolute atomic E-state index is 0.257. The maximum absolute atomic E-state index is 13.6. The molecule has 0 aliphatic heterocycles. The van der Waals surface area contributed by atoms with Crippen LogP contribution >= 0.6 is 11.3 Å². The Bertz CT molecular complexity index is 872. The smallest absolute Gasteiger partial charge is 0.366 e. The van der Waals surface area contributed by atoms with E-state index < -0.39 is 11.2 Å². The van der Waals surface area contributed by atoms with Gasteiger partial charge in [0.1, 0.15) is 11.6 Å². The lowest BCUT2D eigenvalue weighted by Gasteiger charge is -2.07. The highest BCUT2D eigenvalue weighted by molar-refractivity contribution is 7.12. The highest BCUT2D eigenvalue weighted by atomic mass is 32.1. The molecule has 0 aliphatic carbocycles. The first-order valence-corrected chi connectivity index (χ1v) is 8.14. The first-order chi connectivity index (χ1) is 11.8. The summed E-state index contributed by atoms with van der Waals surface area (Å²) in [5, 5.41) is 2.10. The summed E-state index contributed by atoms with van der Waals surface area (Å²) in [5.41, 5.74) is 1.27. The molecule has 0 fully saturated rings. The quantitative estimate of drug-likeness (QED) is 0.637. The van der Waals surface area contributed by atoms with Crippen molar-refractivity contribution in [2.45, 2.75) is 19.6 Å². The van der Waals surface area contributed by atoms with Crippen molar-refractivity contribution in [2.24, 2.45) is 0 Å².